The first-order valence-electron chi connectivity index (χ1n) is 6.27. The molecule has 0 saturated carbocycles. The van der Waals surface area contributed by atoms with Crippen molar-refractivity contribution in [3.05, 3.63) is 23.0 Å². The molecule has 0 aliphatic heterocycles. The molecule has 1 aromatic heterocycles. The Hall–Kier alpha value is -1.62. The Kier molecular flexibility index (Phi) is 4.52. The van der Waals surface area contributed by atoms with Crippen LogP contribution in [0.25, 0.3) is 6.08 Å². The number of aromatic nitrogens is 2. The van der Waals surface area contributed by atoms with Gasteiger partial charge in [0.1, 0.15) is 0 Å². The monoisotopic (exact) mass is 265 g/mol. The van der Waals surface area contributed by atoms with E-state index in [4.69, 9.17) is 0 Å². The molecule has 106 valence electrons. The molecule has 5 heteroatoms. The maximum absolute atomic E-state index is 11.9. The molecule has 0 bridgehead atoms. The van der Waals surface area contributed by atoms with Crippen molar-refractivity contribution >= 4 is 12.0 Å². The van der Waals surface area contributed by atoms with E-state index in [2.05, 4.69) is 5.10 Å². The number of carbonyl (C=O) groups excluding carboxylic acids is 1. The summed E-state index contributed by atoms with van der Waals surface area (Å²) < 4.78 is 1.79. The lowest BCUT2D eigenvalue weighted by Crippen LogP contribution is -2.38. The molecule has 0 fully saturated rings. The van der Waals surface area contributed by atoms with Gasteiger partial charge in [-0.15, -0.1) is 0 Å². The van der Waals surface area contributed by atoms with E-state index in [0.717, 1.165) is 17.0 Å². The van der Waals surface area contributed by atoms with Crippen molar-refractivity contribution in [2.45, 2.75) is 33.3 Å². The normalized spacial score (nSPS) is 12.2. The van der Waals surface area contributed by atoms with Gasteiger partial charge in [-0.2, -0.15) is 5.10 Å². The third-order valence-electron chi connectivity index (χ3n) is 2.96. The van der Waals surface area contributed by atoms with Crippen molar-refractivity contribution in [3.63, 3.8) is 0 Å². The van der Waals surface area contributed by atoms with Gasteiger partial charge in [-0.25, -0.2) is 0 Å². The number of nitrogens with zero attached hydrogens (tertiary/aromatic N) is 3. The van der Waals surface area contributed by atoms with Crippen LogP contribution in [-0.2, 0) is 11.8 Å². The van der Waals surface area contributed by atoms with E-state index in [0.29, 0.717) is 6.54 Å². The third kappa shape index (κ3) is 4.21. The second-order valence-corrected chi connectivity index (χ2v) is 5.55. The highest BCUT2D eigenvalue weighted by Crippen LogP contribution is 2.14. The van der Waals surface area contributed by atoms with Crippen LogP contribution in [0.4, 0.5) is 0 Å². The predicted octanol–water partition coefficient (Wildman–Crippen LogP) is 1.28. The van der Waals surface area contributed by atoms with E-state index in [1.54, 1.807) is 31.7 Å². The van der Waals surface area contributed by atoms with Gasteiger partial charge in [0.2, 0.25) is 5.91 Å². The van der Waals surface area contributed by atoms with Crippen LogP contribution in [0, 0.1) is 13.8 Å². The fraction of sp³-hybridized carbons (Fsp3) is 0.571. The first-order chi connectivity index (χ1) is 8.61. The van der Waals surface area contributed by atoms with Crippen molar-refractivity contribution in [1.29, 1.82) is 0 Å². The summed E-state index contributed by atoms with van der Waals surface area (Å²) in [6.07, 6.45) is 3.30. The molecule has 1 N–H and O–H groups in total. The van der Waals surface area contributed by atoms with Crippen LogP contribution in [0.5, 0.6) is 0 Å². The van der Waals surface area contributed by atoms with Crippen LogP contribution >= 0.6 is 0 Å². The van der Waals surface area contributed by atoms with Crippen molar-refractivity contribution in [1.82, 2.24) is 14.7 Å². The lowest BCUT2D eigenvalue weighted by atomic mass is 10.1. The molecule has 0 aromatic carbocycles. The first kappa shape index (κ1) is 15.4. The molecule has 0 unspecified atom stereocenters. The largest absolute Gasteiger partial charge is 0.389 e. The molecule has 1 aromatic rings. The average Bonchev–Trinajstić information content (AvgIpc) is 2.48. The molecule has 19 heavy (non-hydrogen) atoms. The van der Waals surface area contributed by atoms with Gasteiger partial charge < -0.3 is 10.0 Å². The lowest BCUT2D eigenvalue weighted by molar-refractivity contribution is -0.127. The molecule has 1 rings (SSSR count). The number of hydrogen-bond donors (Lipinski definition) is 1. The van der Waals surface area contributed by atoms with Gasteiger partial charge in [0.05, 0.1) is 11.3 Å². The Labute approximate surface area is 114 Å². The Balaban J connectivity index is 2.79. The molecular formula is C14H23N3O2. The second kappa shape index (κ2) is 5.57. The minimum Gasteiger partial charge on any atom is -0.389 e. The van der Waals surface area contributed by atoms with Crippen LogP contribution in [0.1, 0.15) is 30.8 Å². The summed E-state index contributed by atoms with van der Waals surface area (Å²) in [6, 6.07) is 0. The van der Waals surface area contributed by atoms with Crippen molar-refractivity contribution in [2.24, 2.45) is 7.05 Å². The number of likely N-dealkylation sites (N-methyl/N-ethyl adjacent to an activating group) is 1. The van der Waals surface area contributed by atoms with E-state index in [9.17, 15) is 9.90 Å². The molecule has 0 radical (unpaired) electrons. The van der Waals surface area contributed by atoms with Gasteiger partial charge in [-0.05, 0) is 33.8 Å². The van der Waals surface area contributed by atoms with Crippen molar-refractivity contribution in [3.8, 4) is 0 Å². The number of rotatable bonds is 4. The van der Waals surface area contributed by atoms with Gasteiger partial charge in [0, 0.05) is 38.0 Å². The first-order valence-corrected chi connectivity index (χ1v) is 6.27. The fourth-order valence-electron chi connectivity index (χ4n) is 1.97. The minimum atomic E-state index is -0.890. The molecule has 0 spiro atoms. The number of carbonyl (C=O) groups is 1. The van der Waals surface area contributed by atoms with E-state index in [1.165, 1.54) is 11.0 Å². The highest BCUT2D eigenvalue weighted by atomic mass is 16.3. The topological polar surface area (TPSA) is 58.4 Å². The summed E-state index contributed by atoms with van der Waals surface area (Å²) in [6.45, 7) is 7.52. The summed E-state index contributed by atoms with van der Waals surface area (Å²) in [5.41, 5.74) is 1.99. The Morgan fingerprint density at radius 3 is 2.47 bits per heavy atom. The summed E-state index contributed by atoms with van der Waals surface area (Å²) in [5, 5.41) is 14.0. The molecular weight excluding hydrogens is 242 g/mol. The number of aliphatic hydroxyl groups is 1. The minimum absolute atomic E-state index is 0.134. The van der Waals surface area contributed by atoms with Gasteiger partial charge in [-0.1, -0.05) is 0 Å². The van der Waals surface area contributed by atoms with Crippen LogP contribution in [0.15, 0.2) is 6.08 Å². The second-order valence-electron chi connectivity index (χ2n) is 5.55. The van der Waals surface area contributed by atoms with Gasteiger partial charge in [0.25, 0.3) is 0 Å². The SMILES string of the molecule is Cc1nn(C)c(C)c1C=CC(=O)N(C)CC(C)(C)O. The predicted molar refractivity (Wildman–Crippen MR) is 75.7 cm³/mol. The Morgan fingerprint density at radius 1 is 1.47 bits per heavy atom. The van der Waals surface area contributed by atoms with Crippen molar-refractivity contribution < 1.29 is 9.90 Å². The number of amides is 1. The van der Waals surface area contributed by atoms with E-state index in [1.807, 2.05) is 20.9 Å². The Bertz CT molecular complexity index is 496. The van der Waals surface area contributed by atoms with Gasteiger partial charge in [0.15, 0.2) is 0 Å². The maximum Gasteiger partial charge on any atom is 0.246 e. The molecule has 0 saturated heterocycles. The van der Waals surface area contributed by atoms with Crippen LogP contribution in [-0.4, -0.2) is 44.9 Å². The van der Waals surface area contributed by atoms with Crippen LogP contribution < -0.4 is 0 Å². The molecule has 0 atom stereocenters. The molecule has 5 nitrogen and oxygen atoms in total. The van der Waals surface area contributed by atoms with E-state index < -0.39 is 5.60 Å². The molecule has 1 amide bonds. The van der Waals surface area contributed by atoms with Crippen LogP contribution in [0.2, 0.25) is 0 Å². The zero-order valence-corrected chi connectivity index (χ0v) is 12.6. The number of hydrogen-bond acceptors (Lipinski definition) is 3. The quantitative estimate of drug-likeness (QED) is 0.834. The summed E-state index contributed by atoms with van der Waals surface area (Å²) >= 11 is 0. The van der Waals surface area contributed by atoms with Gasteiger partial charge >= 0.3 is 0 Å². The van der Waals surface area contributed by atoms with Crippen LogP contribution in [0.3, 0.4) is 0 Å². The Morgan fingerprint density at radius 2 is 2.05 bits per heavy atom. The summed E-state index contributed by atoms with van der Waals surface area (Å²) in [4.78, 5) is 13.4. The number of aryl methyl sites for hydroxylation is 2. The molecule has 1 heterocycles. The average molecular weight is 265 g/mol. The maximum atomic E-state index is 11.9. The highest BCUT2D eigenvalue weighted by molar-refractivity contribution is 5.91. The molecule has 0 aliphatic carbocycles. The third-order valence-corrected chi connectivity index (χ3v) is 2.96. The molecule has 0 aliphatic rings. The smallest absolute Gasteiger partial charge is 0.246 e. The summed E-state index contributed by atoms with van der Waals surface area (Å²) in [7, 11) is 3.55. The van der Waals surface area contributed by atoms with E-state index >= 15 is 0 Å². The summed E-state index contributed by atoms with van der Waals surface area (Å²) in [5.74, 6) is -0.134. The van der Waals surface area contributed by atoms with E-state index in [-0.39, 0.29) is 5.91 Å². The highest BCUT2D eigenvalue weighted by Gasteiger charge is 2.18. The zero-order valence-electron chi connectivity index (χ0n) is 12.6. The standard InChI is InChI=1S/C14H23N3O2/c1-10-12(11(2)17(6)15-10)7-8-13(18)16(5)9-14(3,4)19/h7-8,19H,9H2,1-6H3. The fourth-order valence-corrected chi connectivity index (χ4v) is 1.97. The van der Waals surface area contributed by atoms with Gasteiger partial charge in [-0.3, -0.25) is 9.48 Å². The lowest BCUT2D eigenvalue weighted by Gasteiger charge is -2.24. The van der Waals surface area contributed by atoms with Crippen molar-refractivity contribution in [2.75, 3.05) is 13.6 Å². The zero-order chi connectivity index (χ0) is 14.8.